The van der Waals surface area contributed by atoms with Crippen molar-refractivity contribution in [3.05, 3.63) is 75.3 Å². The molecule has 15 nitrogen and oxygen atoms in total. The molecule has 3 aliphatic rings. The summed E-state index contributed by atoms with van der Waals surface area (Å²) < 4.78 is 48.3. The number of Topliss-reactive ketones (excluding diaryl/α,β-unsaturated/α-hetero) is 1. The van der Waals surface area contributed by atoms with Gasteiger partial charge in [0.05, 0.1) is 28.9 Å². The van der Waals surface area contributed by atoms with Gasteiger partial charge in [-0.1, -0.05) is 12.8 Å². The number of pyridine rings is 2. The zero-order valence-corrected chi connectivity index (χ0v) is 32.2. The Morgan fingerprint density at radius 2 is 1.74 bits per heavy atom. The van der Waals surface area contributed by atoms with Gasteiger partial charge in [-0.25, -0.2) is 9.97 Å². The van der Waals surface area contributed by atoms with E-state index in [2.05, 4.69) is 35.7 Å². The quantitative estimate of drug-likeness (QED) is 0.136. The number of ketones is 1. The molecule has 2 aliphatic heterocycles. The molecule has 2 saturated heterocycles. The van der Waals surface area contributed by atoms with Crippen molar-refractivity contribution in [2.75, 3.05) is 56.1 Å². The predicted molar refractivity (Wildman–Crippen MR) is 207 cm³/mol. The van der Waals surface area contributed by atoms with Crippen molar-refractivity contribution >= 4 is 52.0 Å². The van der Waals surface area contributed by atoms with Gasteiger partial charge in [-0.05, 0) is 74.6 Å². The van der Waals surface area contributed by atoms with Gasteiger partial charge < -0.3 is 20.3 Å². The first-order chi connectivity index (χ1) is 27.8. The fourth-order valence-corrected chi connectivity index (χ4v) is 8.02. The fraction of sp³-hybridized carbons (Fsp3) is 0.450. The van der Waals surface area contributed by atoms with Gasteiger partial charge in [0.2, 0.25) is 17.8 Å². The Kier molecular flexibility index (Phi) is 11.7. The van der Waals surface area contributed by atoms with Crippen molar-refractivity contribution in [2.45, 2.75) is 70.5 Å². The minimum absolute atomic E-state index is 0.00522. The molecule has 3 aromatic heterocycles. The van der Waals surface area contributed by atoms with Crippen LogP contribution in [0.3, 0.4) is 0 Å². The average Bonchev–Trinajstić information content (AvgIpc) is 3.72. The minimum Gasteiger partial charge on any atom is -0.484 e. The van der Waals surface area contributed by atoms with Crippen molar-refractivity contribution in [1.82, 2.24) is 35.1 Å². The number of piperidine rings is 1. The lowest BCUT2D eigenvalue weighted by atomic mass is 9.87. The first kappa shape index (κ1) is 40.3. The maximum atomic E-state index is 13.7. The van der Waals surface area contributed by atoms with E-state index in [1.54, 1.807) is 23.9 Å². The molecular formula is C40H44F3N9O6. The van der Waals surface area contributed by atoms with Crippen LogP contribution in [0.1, 0.15) is 84.5 Å². The fourth-order valence-electron chi connectivity index (χ4n) is 8.02. The SMILES string of the molecule is CC(=O)c1c(C)c2cnc(Nc3ccc(N4CCN(CCNC(=O)COc5ccc(C(F)(F)F)c(C6CCC(=O)NC6=O)c5)CC4)cn3)nc2n(C2CCCC2)c1=O. The normalized spacial score (nSPS) is 18.0. The van der Waals surface area contributed by atoms with Crippen LogP contribution in [0.5, 0.6) is 5.75 Å². The van der Waals surface area contributed by atoms with Gasteiger partial charge in [-0.2, -0.15) is 18.2 Å². The Labute approximate surface area is 331 Å². The first-order valence-corrected chi connectivity index (χ1v) is 19.3. The number of nitrogens with zero attached hydrogens (tertiary/aromatic N) is 6. The third kappa shape index (κ3) is 8.80. The molecule has 0 spiro atoms. The summed E-state index contributed by atoms with van der Waals surface area (Å²) in [7, 11) is 0. The third-order valence-corrected chi connectivity index (χ3v) is 11.0. The number of fused-ring (bicyclic) bond motifs is 1. The van der Waals surface area contributed by atoms with Gasteiger partial charge in [0.1, 0.15) is 17.2 Å². The molecule has 7 rings (SSSR count). The number of hydrogen-bond donors (Lipinski definition) is 3. The zero-order chi connectivity index (χ0) is 41.1. The number of piperazine rings is 1. The summed E-state index contributed by atoms with van der Waals surface area (Å²) in [5.74, 6) is -2.41. The van der Waals surface area contributed by atoms with Crippen molar-refractivity contribution in [3.63, 3.8) is 0 Å². The molecule has 1 saturated carbocycles. The maximum Gasteiger partial charge on any atom is 0.416 e. The molecule has 58 heavy (non-hydrogen) atoms. The maximum absolute atomic E-state index is 13.7. The van der Waals surface area contributed by atoms with Crippen molar-refractivity contribution in [3.8, 4) is 5.75 Å². The lowest BCUT2D eigenvalue weighted by Crippen LogP contribution is -2.48. The van der Waals surface area contributed by atoms with Crippen molar-refractivity contribution in [2.24, 2.45) is 0 Å². The molecule has 1 aliphatic carbocycles. The lowest BCUT2D eigenvalue weighted by molar-refractivity contribution is -0.139. The summed E-state index contributed by atoms with van der Waals surface area (Å²) in [5.41, 5.74) is 0.586. The second-order valence-corrected chi connectivity index (χ2v) is 14.8. The van der Waals surface area contributed by atoms with Gasteiger partial charge in [0.15, 0.2) is 12.4 Å². The number of imide groups is 1. The molecule has 3 N–H and O–H groups in total. The number of aryl methyl sites for hydroxylation is 1. The highest BCUT2D eigenvalue weighted by Gasteiger charge is 2.39. The number of carbonyl (C=O) groups excluding carboxylic acids is 4. The van der Waals surface area contributed by atoms with Crippen molar-refractivity contribution < 1.29 is 37.1 Å². The number of amides is 3. The lowest BCUT2D eigenvalue weighted by Gasteiger charge is -2.36. The molecule has 3 amide bonds. The van der Waals surface area contributed by atoms with Gasteiger partial charge in [-0.3, -0.25) is 38.8 Å². The molecule has 18 heteroatoms. The number of carbonyl (C=O) groups is 4. The van der Waals surface area contributed by atoms with Crippen LogP contribution in [-0.4, -0.2) is 93.8 Å². The number of nitrogens with one attached hydrogen (secondary N) is 3. The molecule has 0 bridgehead atoms. The minimum atomic E-state index is -4.72. The number of hydrogen-bond acceptors (Lipinski definition) is 12. The summed E-state index contributed by atoms with van der Waals surface area (Å²) in [4.78, 5) is 80.6. The molecule has 3 fully saturated rings. The number of benzene rings is 1. The van der Waals surface area contributed by atoms with E-state index in [4.69, 9.17) is 9.72 Å². The van der Waals surface area contributed by atoms with Crippen LogP contribution in [0.15, 0.2) is 47.5 Å². The van der Waals surface area contributed by atoms with E-state index < -0.39 is 42.0 Å². The number of rotatable bonds is 12. The zero-order valence-electron chi connectivity index (χ0n) is 32.2. The predicted octanol–water partition coefficient (Wildman–Crippen LogP) is 4.41. The number of aromatic nitrogens is 4. The van der Waals surface area contributed by atoms with Crippen LogP contribution >= 0.6 is 0 Å². The molecule has 1 unspecified atom stereocenters. The van der Waals surface area contributed by atoms with Crippen LogP contribution < -0.4 is 31.1 Å². The topological polar surface area (TPSA) is 181 Å². The Morgan fingerprint density at radius 1 is 0.983 bits per heavy atom. The molecule has 1 atom stereocenters. The standard InChI is InChI=1S/C40H44F3N9O6/c1-23-30-21-46-39(49-36(30)52(25-5-3-4-6-25)38(57)35(23)24(2)53)47-32-11-7-26(20-45-32)51-17-15-50(16-18-51)14-13-44-34(55)22-58-27-8-10-31(40(41,42)43)29(19-27)28-9-12-33(54)48-37(28)56/h7-8,10-11,19-21,25,28H,3-6,9,12-18,22H2,1-2H3,(H,44,55)(H,48,54,56)(H,45,46,47,49). The van der Waals surface area contributed by atoms with Crippen LogP contribution in [-0.2, 0) is 20.6 Å². The Morgan fingerprint density at radius 3 is 2.41 bits per heavy atom. The highest BCUT2D eigenvalue weighted by atomic mass is 19.4. The van der Waals surface area contributed by atoms with Crippen LogP contribution in [0, 0.1) is 6.92 Å². The summed E-state index contributed by atoms with van der Waals surface area (Å²) in [6.45, 7) is 6.58. The van der Waals surface area contributed by atoms with Gasteiger partial charge in [0, 0.05) is 63.3 Å². The summed E-state index contributed by atoms with van der Waals surface area (Å²) in [6, 6.07) is 6.79. The van der Waals surface area contributed by atoms with E-state index in [9.17, 15) is 37.1 Å². The van der Waals surface area contributed by atoms with E-state index in [1.807, 2.05) is 12.1 Å². The first-order valence-electron chi connectivity index (χ1n) is 19.3. The van der Waals surface area contributed by atoms with E-state index in [-0.39, 0.29) is 47.1 Å². The average molecular weight is 804 g/mol. The number of halogens is 3. The van der Waals surface area contributed by atoms with Crippen LogP contribution in [0.25, 0.3) is 11.0 Å². The number of anilines is 3. The summed E-state index contributed by atoms with van der Waals surface area (Å²) >= 11 is 0. The molecular weight excluding hydrogens is 759 g/mol. The Bertz CT molecular complexity index is 2290. The van der Waals surface area contributed by atoms with Gasteiger partial charge in [0.25, 0.3) is 11.5 Å². The van der Waals surface area contributed by atoms with E-state index in [0.29, 0.717) is 41.5 Å². The largest absolute Gasteiger partial charge is 0.484 e. The van der Waals surface area contributed by atoms with Crippen molar-refractivity contribution in [1.29, 1.82) is 0 Å². The molecule has 306 valence electrons. The second-order valence-electron chi connectivity index (χ2n) is 14.8. The summed E-state index contributed by atoms with van der Waals surface area (Å²) in [5, 5.41) is 8.68. The van der Waals surface area contributed by atoms with Gasteiger partial charge >= 0.3 is 6.18 Å². The van der Waals surface area contributed by atoms with Crippen LogP contribution in [0.4, 0.5) is 30.6 Å². The second kappa shape index (κ2) is 16.9. The molecule has 1 aromatic carbocycles. The number of ether oxygens (including phenoxy) is 1. The Hall–Kier alpha value is -5.91. The van der Waals surface area contributed by atoms with Crippen LogP contribution in [0.2, 0.25) is 0 Å². The molecule has 0 radical (unpaired) electrons. The van der Waals surface area contributed by atoms with Gasteiger partial charge in [-0.15, -0.1) is 0 Å². The number of alkyl halides is 3. The molecule has 5 heterocycles. The molecule has 4 aromatic rings. The Balaban J connectivity index is 0.887. The smallest absolute Gasteiger partial charge is 0.416 e. The van der Waals surface area contributed by atoms with E-state index in [1.165, 1.54) is 6.92 Å². The highest BCUT2D eigenvalue weighted by Crippen LogP contribution is 2.39. The third-order valence-electron chi connectivity index (χ3n) is 11.0. The highest BCUT2D eigenvalue weighted by molar-refractivity contribution is 6.01. The summed E-state index contributed by atoms with van der Waals surface area (Å²) in [6.07, 6.45) is 2.27. The van der Waals surface area contributed by atoms with E-state index >= 15 is 0 Å². The monoisotopic (exact) mass is 803 g/mol. The van der Waals surface area contributed by atoms with E-state index in [0.717, 1.165) is 75.7 Å².